The Bertz CT molecular complexity index is 859. The number of hydrogen-bond donors (Lipinski definition) is 0. The molecular formula is C20H17ClN2O3. The molecule has 1 amide bonds. The number of halogens is 1. The van der Waals surface area contributed by atoms with Gasteiger partial charge in [0, 0.05) is 18.4 Å². The minimum atomic E-state index is -1.28. The van der Waals surface area contributed by atoms with Gasteiger partial charge < -0.3 is 9.47 Å². The Kier molecular flexibility index (Phi) is 5.24. The van der Waals surface area contributed by atoms with Crippen LogP contribution in [0.2, 0.25) is 0 Å². The summed E-state index contributed by atoms with van der Waals surface area (Å²) < 4.78 is 11.2. The van der Waals surface area contributed by atoms with Crippen molar-refractivity contribution in [2.45, 2.75) is 23.8 Å². The maximum absolute atomic E-state index is 12.8. The van der Waals surface area contributed by atoms with Crippen LogP contribution in [0.3, 0.4) is 0 Å². The molecule has 0 aromatic heterocycles. The van der Waals surface area contributed by atoms with Crippen molar-refractivity contribution in [3.8, 4) is 11.8 Å². The minimum absolute atomic E-state index is 0.0575. The molecule has 1 aliphatic rings. The minimum Gasteiger partial charge on any atom is -0.497 e. The molecule has 2 atom stereocenters. The van der Waals surface area contributed by atoms with Crippen molar-refractivity contribution in [3.05, 3.63) is 65.7 Å². The van der Waals surface area contributed by atoms with Crippen LogP contribution >= 0.6 is 11.6 Å². The van der Waals surface area contributed by atoms with E-state index in [1.165, 1.54) is 0 Å². The van der Waals surface area contributed by atoms with Gasteiger partial charge in [-0.15, -0.1) is 11.6 Å². The van der Waals surface area contributed by atoms with Crippen LogP contribution in [0.5, 0.6) is 5.75 Å². The van der Waals surface area contributed by atoms with E-state index in [2.05, 4.69) is 4.99 Å². The summed E-state index contributed by atoms with van der Waals surface area (Å²) in [5, 5.41) is 8.25. The lowest BCUT2D eigenvalue weighted by atomic mass is 9.89. The normalized spacial score (nSPS) is 20.0. The molecule has 0 aliphatic carbocycles. The molecule has 2 aromatic rings. The van der Waals surface area contributed by atoms with Crippen LogP contribution in [0.1, 0.15) is 17.5 Å². The Morgan fingerprint density at radius 2 is 1.92 bits per heavy atom. The average Bonchev–Trinajstić information content (AvgIpc) is 2.98. The van der Waals surface area contributed by atoms with Gasteiger partial charge >= 0.3 is 0 Å². The standard InChI is InChI=1S/C20H17ClN2O3/c1-25-17-9-7-15(8-10-17)18-23-19(24)20(26-18,12-16(21)13-22)11-14-5-3-2-4-6-14/h2-10,16H,11-12H2,1H3/t16-,20-/m1/s1. The van der Waals surface area contributed by atoms with Gasteiger partial charge in [0.15, 0.2) is 5.60 Å². The summed E-state index contributed by atoms with van der Waals surface area (Å²) in [4.78, 5) is 16.9. The van der Waals surface area contributed by atoms with Crippen molar-refractivity contribution in [2.75, 3.05) is 7.11 Å². The predicted molar refractivity (Wildman–Crippen MR) is 98.4 cm³/mol. The summed E-state index contributed by atoms with van der Waals surface area (Å²) in [6.07, 6.45) is 0.350. The molecule has 5 nitrogen and oxygen atoms in total. The highest BCUT2D eigenvalue weighted by molar-refractivity contribution is 6.22. The summed E-state index contributed by atoms with van der Waals surface area (Å²) in [6, 6.07) is 18.5. The van der Waals surface area contributed by atoms with Crippen molar-refractivity contribution in [2.24, 2.45) is 4.99 Å². The lowest BCUT2D eigenvalue weighted by molar-refractivity contribution is -0.131. The number of methoxy groups -OCH3 is 1. The molecule has 0 N–H and O–H groups in total. The third kappa shape index (κ3) is 3.71. The first-order chi connectivity index (χ1) is 12.6. The summed E-state index contributed by atoms with van der Waals surface area (Å²) in [7, 11) is 1.58. The van der Waals surface area contributed by atoms with Crippen molar-refractivity contribution in [3.63, 3.8) is 0 Å². The predicted octanol–water partition coefficient (Wildman–Crippen LogP) is 3.50. The fourth-order valence-corrected chi connectivity index (χ4v) is 3.13. The van der Waals surface area contributed by atoms with Gasteiger partial charge in [0.05, 0.1) is 13.2 Å². The van der Waals surface area contributed by atoms with Crippen molar-refractivity contribution in [1.82, 2.24) is 0 Å². The summed E-state index contributed by atoms with van der Waals surface area (Å²) in [5.74, 6) is 0.503. The van der Waals surface area contributed by atoms with E-state index >= 15 is 0 Å². The fourth-order valence-electron chi connectivity index (χ4n) is 2.88. The summed E-state index contributed by atoms with van der Waals surface area (Å²) in [5.41, 5.74) is 0.296. The smallest absolute Gasteiger partial charge is 0.293 e. The van der Waals surface area contributed by atoms with E-state index < -0.39 is 16.9 Å². The van der Waals surface area contributed by atoms with E-state index in [1.54, 1.807) is 31.4 Å². The molecule has 6 heteroatoms. The molecule has 26 heavy (non-hydrogen) atoms. The molecule has 2 aromatic carbocycles. The number of alkyl halides is 1. The number of rotatable bonds is 6. The van der Waals surface area contributed by atoms with Gasteiger partial charge in [0.1, 0.15) is 11.1 Å². The molecular weight excluding hydrogens is 352 g/mol. The molecule has 0 saturated carbocycles. The maximum Gasteiger partial charge on any atom is 0.293 e. The highest BCUT2D eigenvalue weighted by Crippen LogP contribution is 2.33. The second-order valence-electron chi connectivity index (χ2n) is 6.01. The second-order valence-corrected chi connectivity index (χ2v) is 6.54. The lowest BCUT2D eigenvalue weighted by Crippen LogP contribution is -2.42. The van der Waals surface area contributed by atoms with Gasteiger partial charge in [-0.3, -0.25) is 4.79 Å². The van der Waals surface area contributed by atoms with Crippen molar-refractivity contribution < 1.29 is 14.3 Å². The van der Waals surface area contributed by atoms with E-state index in [4.69, 9.17) is 26.3 Å². The van der Waals surface area contributed by atoms with Gasteiger partial charge in [0.25, 0.3) is 5.91 Å². The van der Waals surface area contributed by atoms with Crippen LogP contribution in [0.4, 0.5) is 0 Å². The zero-order valence-electron chi connectivity index (χ0n) is 14.2. The molecule has 0 saturated heterocycles. The second kappa shape index (κ2) is 7.59. The number of ether oxygens (including phenoxy) is 2. The molecule has 0 bridgehead atoms. The first-order valence-electron chi connectivity index (χ1n) is 8.10. The molecule has 0 unspecified atom stereocenters. The number of aliphatic imine (C=N–C) groups is 1. The molecule has 0 fully saturated rings. The number of carbonyl (C=O) groups is 1. The highest BCUT2D eigenvalue weighted by atomic mass is 35.5. The van der Waals surface area contributed by atoms with Crippen LogP contribution in [-0.4, -0.2) is 29.9 Å². The fraction of sp³-hybridized carbons (Fsp3) is 0.250. The van der Waals surface area contributed by atoms with Gasteiger partial charge in [0.2, 0.25) is 5.90 Å². The quantitative estimate of drug-likeness (QED) is 0.731. The van der Waals surface area contributed by atoms with E-state index in [1.807, 2.05) is 36.4 Å². The van der Waals surface area contributed by atoms with E-state index in [0.29, 0.717) is 17.7 Å². The Morgan fingerprint density at radius 3 is 2.54 bits per heavy atom. The average molecular weight is 369 g/mol. The van der Waals surface area contributed by atoms with Gasteiger partial charge in [-0.2, -0.15) is 10.3 Å². The van der Waals surface area contributed by atoms with Gasteiger partial charge in [-0.1, -0.05) is 30.3 Å². The SMILES string of the molecule is COc1ccc(C2=NC(=O)[C@@](Cc3ccccc3)(C[C@@H](Cl)C#N)O2)cc1. The van der Waals surface area contributed by atoms with Crippen molar-refractivity contribution >= 4 is 23.4 Å². The Balaban J connectivity index is 1.90. The van der Waals surface area contributed by atoms with Crippen LogP contribution in [-0.2, 0) is 16.0 Å². The van der Waals surface area contributed by atoms with E-state index in [9.17, 15) is 4.79 Å². The molecule has 0 radical (unpaired) electrons. The summed E-state index contributed by atoms with van der Waals surface area (Å²) in [6.45, 7) is 0. The summed E-state index contributed by atoms with van der Waals surface area (Å²) >= 11 is 6.04. The van der Waals surface area contributed by atoms with E-state index in [0.717, 1.165) is 5.56 Å². The lowest BCUT2D eigenvalue weighted by Gasteiger charge is -2.27. The van der Waals surface area contributed by atoms with E-state index in [-0.39, 0.29) is 12.3 Å². The number of nitriles is 1. The third-order valence-electron chi connectivity index (χ3n) is 4.20. The number of hydrogen-bond acceptors (Lipinski definition) is 4. The zero-order chi connectivity index (χ0) is 18.6. The third-order valence-corrected chi connectivity index (χ3v) is 4.46. The highest BCUT2D eigenvalue weighted by Gasteiger charge is 2.48. The molecule has 132 valence electrons. The van der Waals surface area contributed by atoms with Crippen LogP contribution in [0, 0.1) is 11.3 Å². The Morgan fingerprint density at radius 1 is 1.23 bits per heavy atom. The molecule has 1 heterocycles. The Hall–Kier alpha value is -2.84. The zero-order valence-corrected chi connectivity index (χ0v) is 14.9. The van der Waals surface area contributed by atoms with Crippen molar-refractivity contribution in [1.29, 1.82) is 5.26 Å². The monoisotopic (exact) mass is 368 g/mol. The van der Waals surface area contributed by atoms with Gasteiger partial charge in [-0.25, -0.2) is 0 Å². The molecule has 3 rings (SSSR count). The topological polar surface area (TPSA) is 71.7 Å². The molecule has 0 spiro atoms. The number of amides is 1. The first kappa shape index (κ1) is 18.0. The number of nitrogens with zero attached hydrogens (tertiary/aromatic N) is 2. The first-order valence-corrected chi connectivity index (χ1v) is 8.54. The number of carbonyl (C=O) groups excluding carboxylic acids is 1. The Labute approximate surface area is 156 Å². The van der Waals surface area contributed by atoms with Crippen LogP contribution in [0.15, 0.2) is 59.6 Å². The maximum atomic E-state index is 12.8. The largest absolute Gasteiger partial charge is 0.497 e. The van der Waals surface area contributed by atoms with Crippen LogP contribution < -0.4 is 4.74 Å². The molecule has 1 aliphatic heterocycles. The number of benzene rings is 2. The van der Waals surface area contributed by atoms with Crippen LogP contribution in [0.25, 0.3) is 0 Å². The van der Waals surface area contributed by atoms with Gasteiger partial charge in [-0.05, 0) is 29.8 Å².